The zero-order valence-corrected chi connectivity index (χ0v) is 13.8. The van der Waals surface area contributed by atoms with Gasteiger partial charge in [0.25, 0.3) is 0 Å². The van der Waals surface area contributed by atoms with Crippen molar-refractivity contribution >= 4 is 48.9 Å². The van der Waals surface area contributed by atoms with E-state index < -0.39 is 10.0 Å². The molecule has 8 heteroatoms. The van der Waals surface area contributed by atoms with Gasteiger partial charge in [0.15, 0.2) is 0 Å². The quantitative estimate of drug-likeness (QED) is 0.883. The summed E-state index contributed by atoms with van der Waals surface area (Å²) in [5, 5.41) is 1.38. The molecule has 2 rings (SSSR count). The van der Waals surface area contributed by atoms with Gasteiger partial charge in [-0.05, 0) is 41.1 Å². The normalized spacial score (nSPS) is 11.7. The first-order chi connectivity index (χ1) is 8.88. The third-order valence-electron chi connectivity index (χ3n) is 2.31. The first kappa shape index (κ1) is 14.9. The molecule has 19 heavy (non-hydrogen) atoms. The van der Waals surface area contributed by atoms with E-state index in [9.17, 15) is 8.42 Å². The number of benzene rings is 1. The van der Waals surface area contributed by atoms with E-state index >= 15 is 0 Å². The zero-order chi connectivity index (χ0) is 14.0. The van der Waals surface area contributed by atoms with E-state index in [2.05, 4.69) is 25.6 Å². The van der Waals surface area contributed by atoms with Crippen LogP contribution in [0.15, 0.2) is 33.8 Å². The lowest BCUT2D eigenvalue weighted by Crippen LogP contribution is -2.22. The Morgan fingerprint density at radius 2 is 2.21 bits per heavy atom. The number of nitrogens with one attached hydrogen (secondary N) is 1. The third-order valence-corrected chi connectivity index (χ3v) is 5.83. The van der Waals surface area contributed by atoms with Gasteiger partial charge in [-0.3, -0.25) is 0 Å². The van der Waals surface area contributed by atoms with Gasteiger partial charge < -0.3 is 0 Å². The van der Waals surface area contributed by atoms with Crippen LogP contribution in [0.3, 0.4) is 0 Å². The lowest BCUT2D eigenvalue weighted by Gasteiger charge is -2.06. The molecule has 2 aromatic rings. The van der Waals surface area contributed by atoms with Crippen molar-refractivity contribution < 1.29 is 8.42 Å². The van der Waals surface area contributed by atoms with Gasteiger partial charge in [0.2, 0.25) is 10.0 Å². The molecule has 0 aliphatic rings. The Labute approximate surface area is 129 Å². The van der Waals surface area contributed by atoms with Gasteiger partial charge in [0.05, 0.1) is 14.9 Å². The van der Waals surface area contributed by atoms with Crippen LogP contribution in [0.2, 0.25) is 5.02 Å². The number of sulfonamides is 1. The second kappa shape index (κ2) is 5.88. The summed E-state index contributed by atoms with van der Waals surface area (Å²) in [7, 11) is -3.55. The Morgan fingerprint density at radius 3 is 2.79 bits per heavy atom. The maximum atomic E-state index is 12.1. The monoisotopic (exact) mass is 380 g/mol. The molecule has 0 aliphatic carbocycles. The highest BCUT2D eigenvalue weighted by Gasteiger charge is 2.15. The molecule has 1 heterocycles. The molecule has 4 nitrogen and oxygen atoms in total. The molecule has 0 fully saturated rings. The molecule has 0 spiro atoms. The summed E-state index contributed by atoms with van der Waals surface area (Å²) in [6.07, 6.45) is 1.67. The summed E-state index contributed by atoms with van der Waals surface area (Å²) >= 11 is 10.5. The molecule has 0 aliphatic heterocycles. The summed E-state index contributed by atoms with van der Waals surface area (Å²) < 4.78 is 27.2. The summed E-state index contributed by atoms with van der Waals surface area (Å²) in [6, 6.07) is 4.48. The fraction of sp³-hybridized carbons (Fsp3) is 0.182. The molecular formula is C11H10BrClN2O2S2. The molecule has 0 amide bonds. The van der Waals surface area contributed by atoms with Gasteiger partial charge in [0, 0.05) is 22.1 Å². The molecule has 102 valence electrons. The molecule has 0 radical (unpaired) electrons. The molecule has 1 aromatic carbocycles. The van der Waals surface area contributed by atoms with E-state index in [4.69, 9.17) is 11.6 Å². The molecule has 1 N–H and O–H groups in total. The average molecular weight is 382 g/mol. The maximum absolute atomic E-state index is 12.1. The van der Waals surface area contributed by atoms with Crippen molar-refractivity contribution in [1.82, 2.24) is 9.71 Å². The van der Waals surface area contributed by atoms with Crippen LogP contribution in [0.25, 0.3) is 0 Å². The van der Waals surface area contributed by atoms with E-state index in [0.717, 1.165) is 9.88 Å². The van der Waals surface area contributed by atoms with Crippen molar-refractivity contribution in [3.8, 4) is 0 Å². The van der Waals surface area contributed by atoms with Gasteiger partial charge in [-0.25, -0.2) is 18.1 Å². The lowest BCUT2D eigenvalue weighted by atomic mass is 10.4. The van der Waals surface area contributed by atoms with Gasteiger partial charge in [-0.2, -0.15) is 0 Å². The number of nitrogens with zero attached hydrogens (tertiary/aromatic N) is 1. The Hall–Kier alpha value is -0.470. The molecule has 0 bridgehead atoms. The molecule has 0 unspecified atom stereocenters. The standard InChI is InChI=1S/C11H10BrClN2O2S2/c1-7-14-5-8(18-7)6-15-19(16,17)9-2-3-11(13)10(12)4-9/h2-5,15H,6H2,1H3. The highest BCUT2D eigenvalue weighted by atomic mass is 79.9. The van der Waals surface area contributed by atoms with E-state index in [1.165, 1.54) is 29.5 Å². The molecule has 0 saturated carbocycles. The number of hydrogen-bond donors (Lipinski definition) is 1. The number of hydrogen-bond acceptors (Lipinski definition) is 4. The summed E-state index contributed by atoms with van der Waals surface area (Å²) in [4.78, 5) is 5.12. The van der Waals surface area contributed by atoms with Crippen molar-refractivity contribution in [3.05, 3.63) is 43.8 Å². The van der Waals surface area contributed by atoms with Crippen molar-refractivity contribution in [2.75, 3.05) is 0 Å². The third kappa shape index (κ3) is 3.76. The fourth-order valence-electron chi connectivity index (χ4n) is 1.38. The number of rotatable bonds is 4. The van der Waals surface area contributed by atoms with Crippen LogP contribution in [-0.4, -0.2) is 13.4 Å². The van der Waals surface area contributed by atoms with Gasteiger partial charge in [-0.15, -0.1) is 11.3 Å². The zero-order valence-electron chi connectivity index (χ0n) is 9.85. The molecule has 0 atom stereocenters. The minimum atomic E-state index is -3.55. The highest BCUT2D eigenvalue weighted by molar-refractivity contribution is 9.10. The van der Waals surface area contributed by atoms with Crippen LogP contribution in [0.5, 0.6) is 0 Å². The number of halogens is 2. The lowest BCUT2D eigenvalue weighted by molar-refractivity contribution is 0.581. The topological polar surface area (TPSA) is 59.1 Å². The SMILES string of the molecule is Cc1ncc(CNS(=O)(=O)c2ccc(Cl)c(Br)c2)s1. The predicted molar refractivity (Wildman–Crippen MR) is 80.0 cm³/mol. The van der Waals surface area contributed by atoms with E-state index in [1.807, 2.05) is 6.92 Å². The van der Waals surface area contributed by atoms with E-state index in [1.54, 1.807) is 6.20 Å². The largest absolute Gasteiger partial charge is 0.250 e. The van der Waals surface area contributed by atoms with Crippen molar-refractivity contribution in [2.45, 2.75) is 18.4 Å². The average Bonchev–Trinajstić information content (AvgIpc) is 2.76. The van der Waals surface area contributed by atoms with Crippen LogP contribution in [0.1, 0.15) is 9.88 Å². The second-order valence-electron chi connectivity index (χ2n) is 3.75. The number of aromatic nitrogens is 1. The molecular weight excluding hydrogens is 372 g/mol. The minimum absolute atomic E-state index is 0.171. The summed E-state index contributed by atoms with van der Waals surface area (Å²) in [5.74, 6) is 0. The van der Waals surface area contributed by atoms with Crippen LogP contribution >= 0.6 is 38.9 Å². The van der Waals surface area contributed by atoms with Crippen LogP contribution in [0, 0.1) is 6.92 Å². The Morgan fingerprint density at radius 1 is 1.47 bits per heavy atom. The van der Waals surface area contributed by atoms with Crippen LogP contribution < -0.4 is 4.72 Å². The molecule has 1 aromatic heterocycles. The van der Waals surface area contributed by atoms with Gasteiger partial charge in [-0.1, -0.05) is 11.6 Å². The Kier molecular flexibility index (Phi) is 4.62. The minimum Gasteiger partial charge on any atom is -0.250 e. The van der Waals surface area contributed by atoms with E-state index in [-0.39, 0.29) is 11.4 Å². The summed E-state index contributed by atoms with van der Waals surface area (Å²) in [6.45, 7) is 2.10. The Balaban J connectivity index is 2.16. The van der Waals surface area contributed by atoms with Crippen molar-refractivity contribution in [3.63, 3.8) is 0 Å². The second-order valence-corrected chi connectivity index (χ2v) is 8.09. The maximum Gasteiger partial charge on any atom is 0.240 e. The number of aryl methyl sites for hydroxylation is 1. The van der Waals surface area contributed by atoms with E-state index in [0.29, 0.717) is 9.50 Å². The first-order valence-corrected chi connectivity index (χ1v) is 8.71. The van der Waals surface area contributed by atoms with Crippen molar-refractivity contribution in [2.24, 2.45) is 0 Å². The van der Waals surface area contributed by atoms with Crippen molar-refractivity contribution in [1.29, 1.82) is 0 Å². The van der Waals surface area contributed by atoms with Crippen LogP contribution in [-0.2, 0) is 16.6 Å². The number of thiazole rings is 1. The summed E-state index contributed by atoms with van der Waals surface area (Å²) in [5.41, 5.74) is 0. The van der Waals surface area contributed by atoms with Gasteiger partial charge >= 0.3 is 0 Å². The fourth-order valence-corrected chi connectivity index (χ4v) is 3.89. The van der Waals surface area contributed by atoms with Gasteiger partial charge in [0.1, 0.15) is 0 Å². The smallest absolute Gasteiger partial charge is 0.240 e. The Bertz CT molecular complexity index is 700. The van der Waals surface area contributed by atoms with Crippen LogP contribution in [0.4, 0.5) is 0 Å². The highest BCUT2D eigenvalue weighted by Crippen LogP contribution is 2.25. The first-order valence-electron chi connectivity index (χ1n) is 5.24. The molecule has 0 saturated heterocycles. The predicted octanol–water partition coefficient (Wildman–Crippen LogP) is 3.35.